The molecule has 0 aliphatic heterocycles. The van der Waals surface area contributed by atoms with E-state index >= 15 is 0 Å². The maximum Gasteiger partial charge on any atom is 0.322 e. The second kappa shape index (κ2) is 5.28. The SMILES string of the molecule is CCC(C)C(NS(=O)(=O)c1cn[nH]c1)C(=O)O. The van der Waals surface area contributed by atoms with Gasteiger partial charge in [0.15, 0.2) is 0 Å². The van der Waals surface area contributed by atoms with Gasteiger partial charge in [-0.15, -0.1) is 0 Å². The van der Waals surface area contributed by atoms with Gasteiger partial charge >= 0.3 is 5.97 Å². The molecule has 0 saturated heterocycles. The molecule has 8 heteroatoms. The van der Waals surface area contributed by atoms with Crippen molar-refractivity contribution in [1.82, 2.24) is 14.9 Å². The summed E-state index contributed by atoms with van der Waals surface area (Å²) in [5, 5.41) is 14.9. The Morgan fingerprint density at radius 2 is 2.29 bits per heavy atom. The van der Waals surface area contributed by atoms with E-state index in [4.69, 9.17) is 5.11 Å². The van der Waals surface area contributed by atoms with Gasteiger partial charge in [-0.2, -0.15) is 9.82 Å². The predicted octanol–water partition coefficient (Wildman–Crippen LogP) is 0.187. The number of aromatic amines is 1. The van der Waals surface area contributed by atoms with E-state index in [-0.39, 0.29) is 10.8 Å². The lowest BCUT2D eigenvalue weighted by Gasteiger charge is -2.19. The van der Waals surface area contributed by atoms with Crippen LogP contribution in [0.15, 0.2) is 17.3 Å². The highest BCUT2D eigenvalue weighted by molar-refractivity contribution is 7.89. The molecule has 0 aliphatic carbocycles. The van der Waals surface area contributed by atoms with Crippen molar-refractivity contribution in [1.29, 1.82) is 0 Å². The number of carboxylic acids is 1. The summed E-state index contributed by atoms with van der Waals surface area (Å²) in [4.78, 5) is 10.9. The van der Waals surface area contributed by atoms with Crippen LogP contribution in [0.3, 0.4) is 0 Å². The van der Waals surface area contributed by atoms with E-state index < -0.39 is 22.0 Å². The Balaban J connectivity index is 2.92. The first-order chi connectivity index (χ1) is 7.88. The van der Waals surface area contributed by atoms with E-state index in [9.17, 15) is 13.2 Å². The minimum Gasteiger partial charge on any atom is -0.480 e. The number of rotatable bonds is 6. The lowest BCUT2D eigenvalue weighted by atomic mass is 10.0. The summed E-state index contributed by atoms with van der Waals surface area (Å²) in [6, 6.07) is -1.14. The third-order valence-corrected chi connectivity index (χ3v) is 3.95. The molecule has 0 spiro atoms. The molecule has 1 aromatic rings. The molecule has 1 heterocycles. The van der Waals surface area contributed by atoms with Crippen molar-refractivity contribution in [3.8, 4) is 0 Å². The molecule has 7 nitrogen and oxygen atoms in total. The number of nitrogens with one attached hydrogen (secondary N) is 2. The van der Waals surface area contributed by atoms with Crippen LogP contribution in [0.1, 0.15) is 20.3 Å². The Labute approximate surface area is 99.3 Å². The summed E-state index contributed by atoms with van der Waals surface area (Å²) in [7, 11) is -3.84. The third-order valence-electron chi connectivity index (χ3n) is 2.54. The quantitative estimate of drug-likeness (QED) is 0.676. The number of hydrogen-bond donors (Lipinski definition) is 3. The zero-order chi connectivity index (χ0) is 13.1. The number of aliphatic carboxylic acids is 1. The van der Waals surface area contributed by atoms with Crippen molar-refractivity contribution < 1.29 is 18.3 Å². The Bertz CT molecular complexity index is 468. The maximum absolute atomic E-state index is 11.8. The fraction of sp³-hybridized carbons (Fsp3) is 0.556. The summed E-state index contributed by atoms with van der Waals surface area (Å²) in [5.74, 6) is -1.49. The first kappa shape index (κ1) is 13.7. The van der Waals surface area contributed by atoms with Gasteiger partial charge in [0.2, 0.25) is 10.0 Å². The lowest BCUT2D eigenvalue weighted by molar-refractivity contribution is -0.140. The monoisotopic (exact) mass is 261 g/mol. The Hall–Kier alpha value is -1.41. The number of aromatic nitrogens is 2. The number of hydrogen-bond acceptors (Lipinski definition) is 4. The van der Waals surface area contributed by atoms with E-state index in [2.05, 4.69) is 14.9 Å². The molecule has 1 aromatic heterocycles. The average molecular weight is 261 g/mol. The van der Waals surface area contributed by atoms with Gasteiger partial charge in [-0.05, 0) is 5.92 Å². The van der Waals surface area contributed by atoms with Gasteiger partial charge in [0.25, 0.3) is 0 Å². The van der Waals surface area contributed by atoms with Crippen LogP contribution >= 0.6 is 0 Å². The van der Waals surface area contributed by atoms with Crippen LogP contribution in [-0.4, -0.2) is 35.7 Å². The van der Waals surface area contributed by atoms with Gasteiger partial charge < -0.3 is 5.11 Å². The molecule has 3 N–H and O–H groups in total. The van der Waals surface area contributed by atoms with Crippen molar-refractivity contribution in [2.45, 2.75) is 31.2 Å². The van der Waals surface area contributed by atoms with E-state index in [1.807, 2.05) is 0 Å². The topological polar surface area (TPSA) is 112 Å². The van der Waals surface area contributed by atoms with Crippen LogP contribution in [0.5, 0.6) is 0 Å². The van der Waals surface area contributed by atoms with Crippen molar-refractivity contribution in [3.63, 3.8) is 0 Å². The average Bonchev–Trinajstić information content (AvgIpc) is 2.78. The zero-order valence-corrected chi connectivity index (χ0v) is 10.4. The number of carboxylic acid groups (broad SMARTS) is 1. The van der Waals surface area contributed by atoms with Crippen LogP contribution in [-0.2, 0) is 14.8 Å². The highest BCUT2D eigenvalue weighted by Gasteiger charge is 2.29. The van der Waals surface area contributed by atoms with E-state index in [1.165, 1.54) is 6.20 Å². The molecule has 0 amide bonds. The highest BCUT2D eigenvalue weighted by atomic mass is 32.2. The molecule has 0 saturated carbocycles. The molecule has 0 fully saturated rings. The molecule has 0 aliphatic rings. The number of nitrogens with zero attached hydrogens (tertiary/aromatic N) is 1. The molecule has 1 rings (SSSR count). The first-order valence-electron chi connectivity index (χ1n) is 5.12. The summed E-state index contributed by atoms with van der Waals surface area (Å²) >= 11 is 0. The van der Waals surface area contributed by atoms with Crippen LogP contribution in [0.4, 0.5) is 0 Å². The van der Waals surface area contributed by atoms with E-state index in [0.29, 0.717) is 6.42 Å². The molecule has 2 unspecified atom stereocenters. The van der Waals surface area contributed by atoms with Crippen molar-refractivity contribution in [3.05, 3.63) is 12.4 Å². The standard InChI is InChI=1S/C9H15N3O4S/c1-3-6(2)8(9(13)14)12-17(15,16)7-4-10-11-5-7/h4-6,8,12H,3H2,1-2H3,(H,10,11)(H,13,14). The molecule has 0 radical (unpaired) electrons. The Kier molecular flexibility index (Phi) is 4.24. The van der Waals surface area contributed by atoms with Crippen molar-refractivity contribution in [2.24, 2.45) is 5.92 Å². The van der Waals surface area contributed by atoms with Gasteiger partial charge in [0.05, 0.1) is 6.20 Å². The summed E-state index contributed by atoms with van der Waals surface area (Å²) in [5.41, 5.74) is 0. The minimum atomic E-state index is -3.84. The normalized spacial score (nSPS) is 15.4. The number of H-pyrrole nitrogens is 1. The van der Waals surface area contributed by atoms with Gasteiger partial charge in [0, 0.05) is 6.20 Å². The largest absolute Gasteiger partial charge is 0.480 e. The highest BCUT2D eigenvalue weighted by Crippen LogP contribution is 2.12. The summed E-state index contributed by atoms with van der Waals surface area (Å²) in [6.45, 7) is 3.48. The summed E-state index contributed by atoms with van der Waals surface area (Å²) < 4.78 is 25.7. The fourth-order valence-electron chi connectivity index (χ4n) is 1.27. The van der Waals surface area contributed by atoms with Crippen molar-refractivity contribution in [2.75, 3.05) is 0 Å². The molecule has 0 aromatic carbocycles. The number of sulfonamides is 1. The van der Waals surface area contributed by atoms with Gasteiger partial charge in [-0.3, -0.25) is 9.89 Å². The Morgan fingerprint density at radius 3 is 2.71 bits per heavy atom. The lowest BCUT2D eigenvalue weighted by Crippen LogP contribution is -2.44. The zero-order valence-electron chi connectivity index (χ0n) is 9.54. The van der Waals surface area contributed by atoms with Crippen LogP contribution in [0.25, 0.3) is 0 Å². The molecular weight excluding hydrogens is 246 g/mol. The predicted molar refractivity (Wildman–Crippen MR) is 59.8 cm³/mol. The molecule has 2 atom stereocenters. The fourth-order valence-corrected chi connectivity index (χ4v) is 2.47. The van der Waals surface area contributed by atoms with Crippen LogP contribution in [0.2, 0.25) is 0 Å². The molecular formula is C9H15N3O4S. The molecule has 0 bridgehead atoms. The van der Waals surface area contributed by atoms with Gasteiger partial charge in [-0.1, -0.05) is 20.3 Å². The minimum absolute atomic E-state index is 0.0768. The third kappa shape index (κ3) is 3.27. The van der Waals surface area contributed by atoms with Crippen LogP contribution in [0, 0.1) is 5.92 Å². The van der Waals surface area contributed by atoms with E-state index in [1.54, 1.807) is 13.8 Å². The van der Waals surface area contributed by atoms with Crippen LogP contribution < -0.4 is 4.72 Å². The van der Waals surface area contributed by atoms with Gasteiger partial charge in [-0.25, -0.2) is 8.42 Å². The second-order valence-corrected chi connectivity index (χ2v) is 5.47. The number of carbonyl (C=O) groups is 1. The second-order valence-electron chi connectivity index (χ2n) is 3.76. The summed E-state index contributed by atoms with van der Waals surface area (Å²) in [6.07, 6.45) is 2.88. The smallest absolute Gasteiger partial charge is 0.322 e. The maximum atomic E-state index is 11.8. The first-order valence-corrected chi connectivity index (χ1v) is 6.60. The molecule has 17 heavy (non-hydrogen) atoms. The van der Waals surface area contributed by atoms with Gasteiger partial charge in [0.1, 0.15) is 10.9 Å². The van der Waals surface area contributed by atoms with E-state index in [0.717, 1.165) is 6.20 Å². The Morgan fingerprint density at radius 1 is 1.65 bits per heavy atom. The van der Waals surface area contributed by atoms with Crippen molar-refractivity contribution >= 4 is 16.0 Å². The molecule has 96 valence electrons.